The van der Waals surface area contributed by atoms with Crippen molar-refractivity contribution in [2.24, 2.45) is 11.8 Å². The topological polar surface area (TPSA) is 3.24 Å². The normalized spacial score (nSPS) is 20.5. The predicted octanol–water partition coefficient (Wildman–Crippen LogP) is 2.38. The van der Waals surface area contributed by atoms with Crippen molar-refractivity contribution in [1.29, 1.82) is 0 Å². The molecule has 0 spiro atoms. The molecule has 1 nitrogen and oxygen atoms in total. The van der Waals surface area contributed by atoms with Crippen LogP contribution in [0.5, 0.6) is 0 Å². The lowest BCUT2D eigenvalue weighted by molar-refractivity contribution is 0.187. The van der Waals surface area contributed by atoms with E-state index in [1.807, 2.05) is 0 Å². The van der Waals surface area contributed by atoms with Crippen LogP contribution in [0.25, 0.3) is 0 Å². The quantitative estimate of drug-likeness (QED) is 0.601. The van der Waals surface area contributed by atoms with Crippen LogP contribution in [0.2, 0.25) is 0 Å². The molecule has 1 saturated heterocycles. The van der Waals surface area contributed by atoms with Crippen molar-refractivity contribution < 1.29 is 0 Å². The van der Waals surface area contributed by atoms with Crippen LogP contribution >= 0.6 is 0 Å². The van der Waals surface area contributed by atoms with Crippen molar-refractivity contribution in [2.45, 2.75) is 33.1 Å². The zero-order valence-electron chi connectivity index (χ0n) is 8.92. The second-order valence-electron chi connectivity index (χ2n) is 4.55. The maximum absolute atomic E-state index is 5.28. The zero-order valence-corrected chi connectivity index (χ0v) is 8.92. The third-order valence-corrected chi connectivity index (χ3v) is 2.83. The molecule has 1 aliphatic rings. The van der Waals surface area contributed by atoms with E-state index >= 15 is 0 Å². The molecule has 0 amide bonds. The Hall–Kier alpha value is -0.480. The number of nitrogens with zero attached hydrogens (tertiary/aromatic N) is 1. The van der Waals surface area contributed by atoms with Crippen LogP contribution in [0.4, 0.5) is 0 Å². The van der Waals surface area contributed by atoms with Gasteiger partial charge in [-0.25, -0.2) is 0 Å². The minimum Gasteiger partial charge on any atom is -0.292 e. The highest BCUT2D eigenvalue weighted by molar-refractivity contribution is 4.89. The molecule has 0 aliphatic carbocycles. The molecule has 13 heavy (non-hydrogen) atoms. The summed E-state index contributed by atoms with van der Waals surface area (Å²) in [6.07, 6.45) is 9.37. The first-order chi connectivity index (χ1) is 6.22. The minimum atomic E-state index is 0.842. The van der Waals surface area contributed by atoms with Crippen LogP contribution in [0, 0.1) is 24.2 Å². The van der Waals surface area contributed by atoms with Gasteiger partial charge in [-0.1, -0.05) is 19.8 Å². The van der Waals surface area contributed by atoms with E-state index in [4.69, 9.17) is 6.42 Å². The molecule has 1 rings (SSSR count). The van der Waals surface area contributed by atoms with Gasteiger partial charge >= 0.3 is 0 Å². The maximum atomic E-state index is 5.28. The van der Waals surface area contributed by atoms with Gasteiger partial charge in [0.1, 0.15) is 0 Å². The highest BCUT2D eigenvalue weighted by atomic mass is 15.1. The number of terminal acetylenes is 1. The van der Waals surface area contributed by atoms with Gasteiger partial charge in [0.2, 0.25) is 0 Å². The first kappa shape index (κ1) is 10.6. The summed E-state index contributed by atoms with van der Waals surface area (Å²) < 4.78 is 0. The first-order valence-corrected chi connectivity index (χ1v) is 5.38. The molecule has 0 aromatic rings. The summed E-state index contributed by atoms with van der Waals surface area (Å²) in [4.78, 5) is 2.39. The van der Waals surface area contributed by atoms with Crippen molar-refractivity contribution in [2.75, 3.05) is 19.6 Å². The zero-order chi connectivity index (χ0) is 9.68. The van der Waals surface area contributed by atoms with Gasteiger partial charge in [0.15, 0.2) is 0 Å². The van der Waals surface area contributed by atoms with Crippen LogP contribution in [-0.2, 0) is 0 Å². The Morgan fingerprint density at radius 2 is 2.00 bits per heavy atom. The van der Waals surface area contributed by atoms with Gasteiger partial charge in [0.25, 0.3) is 0 Å². The van der Waals surface area contributed by atoms with Crippen molar-refractivity contribution in [1.82, 2.24) is 4.90 Å². The predicted molar refractivity (Wildman–Crippen MR) is 57.5 cm³/mol. The van der Waals surface area contributed by atoms with Crippen LogP contribution in [0.1, 0.15) is 33.1 Å². The second kappa shape index (κ2) is 5.29. The van der Waals surface area contributed by atoms with Gasteiger partial charge in [-0.15, -0.1) is 6.42 Å². The third kappa shape index (κ3) is 3.83. The smallest absolute Gasteiger partial charge is 0.0598 e. The molecule has 0 radical (unpaired) electrons. The molecule has 74 valence electrons. The van der Waals surface area contributed by atoms with Gasteiger partial charge in [-0.2, -0.15) is 0 Å². The molecular weight excluding hydrogens is 158 g/mol. The Labute approximate surface area is 82.5 Å². The lowest BCUT2D eigenvalue weighted by atomic mass is 9.89. The van der Waals surface area contributed by atoms with E-state index < -0.39 is 0 Å². The fourth-order valence-corrected chi connectivity index (χ4v) is 2.18. The Kier molecular flexibility index (Phi) is 4.32. The summed E-state index contributed by atoms with van der Waals surface area (Å²) in [6.45, 7) is 7.89. The van der Waals surface area contributed by atoms with E-state index in [0.29, 0.717) is 0 Å². The van der Waals surface area contributed by atoms with E-state index in [-0.39, 0.29) is 0 Å². The minimum absolute atomic E-state index is 0.842. The van der Waals surface area contributed by atoms with Gasteiger partial charge < -0.3 is 0 Å². The summed E-state index contributed by atoms with van der Waals surface area (Å²) in [5.41, 5.74) is 0. The fraction of sp³-hybridized carbons (Fsp3) is 0.833. The third-order valence-electron chi connectivity index (χ3n) is 2.83. The maximum Gasteiger partial charge on any atom is 0.0598 e. The standard InChI is InChI=1S/C12H21N/c1-4-7-13-8-5-12(6-9-13)10-11(2)3/h1,11-12H,5-10H2,2-3H3. The summed E-state index contributed by atoms with van der Waals surface area (Å²) in [5, 5.41) is 0. The molecule has 1 heteroatoms. The average Bonchev–Trinajstić information content (AvgIpc) is 2.08. The lowest BCUT2D eigenvalue weighted by Gasteiger charge is -2.31. The molecule has 0 bridgehead atoms. The molecule has 1 fully saturated rings. The molecule has 0 N–H and O–H groups in total. The Morgan fingerprint density at radius 1 is 1.38 bits per heavy atom. The first-order valence-electron chi connectivity index (χ1n) is 5.38. The number of piperidine rings is 1. The molecule has 0 saturated carbocycles. The molecule has 1 aliphatic heterocycles. The largest absolute Gasteiger partial charge is 0.292 e. The SMILES string of the molecule is C#CCN1CCC(CC(C)C)CC1. The highest BCUT2D eigenvalue weighted by Gasteiger charge is 2.18. The Bertz CT molecular complexity index is 170. The Morgan fingerprint density at radius 3 is 2.46 bits per heavy atom. The summed E-state index contributed by atoms with van der Waals surface area (Å²) >= 11 is 0. The molecule has 0 aromatic carbocycles. The van der Waals surface area contributed by atoms with E-state index in [1.54, 1.807) is 0 Å². The van der Waals surface area contributed by atoms with Crippen molar-refractivity contribution in [3.63, 3.8) is 0 Å². The number of hydrogen-bond acceptors (Lipinski definition) is 1. The van der Waals surface area contributed by atoms with Crippen LogP contribution in [-0.4, -0.2) is 24.5 Å². The fourth-order valence-electron chi connectivity index (χ4n) is 2.18. The molecule has 0 atom stereocenters. The molecule has 0 unspecified atom stereocenters. The van der Waals surface area contributed by atoms with Crippen LogP contribution in [0.15, 0.2) is 0 Å². The monoisotopic (exact) mass is 179 g/mol. The highest BCUT2D eigenvalue weighted by Crippen LogP contribution is 2.23. The summed E-state index contributed by atoms with van der Waals surface area (Å²) in [5.74, 6) is 4.52. The van der Waals surface area contributed by atoms with Crippen molar-refractivity contribution in [3.8, 4) is 12.3 Å². The molecular formula is C12H21N. The number of likely N-dealkylation sites (tertiary alicyclic amines) is 1. The summed E-state index contributed by atoms with van der Waals surface area (Å²) in [6, 6.07) is 0. The van der Waals surface area contributed by atoms with E-state index in [2.05, 4.69) is 24.7 Å². The second-order valence-corrected chi connectivity index (χ2v) is 4.55. The van der Waals surface area contributed by atoms with E-state index in [0.717, 1.165) is 18.4 Å². The number of hydrogen-bond donors (Lipinski definition) is 0. The van der Waals surface area contributed by atoms with E-state index in [9.17, 15) is 0 Å². The molecule has 1 heterocycles. The van der Waals surface area contributed by atoms with Gasteiger partial charge in [-0.05, 0) is 44.2 Å². The Balaban J connectivity index is 2.19. The van der Waals surface area contributed by atoms with Crippen molar-refractivity contribution >= 4 is 0 Å². The van der Waals surface area contributed by atoms with Crippen molar-refractivity contribution in [3.05, 3.63) is 0 Å². The van der Waals surface area contributed by atoms with E-state index in [1.165, 1.54) is 32.4 Å². The summed E-state index contributed by atoms with van der Waals surface area (Å²) in [7, 11) is 0. The lowest BCUT2D eigenvalue weighted by Crippen LogP contribution is -2.34. The van der Waals surface area contributed by atoms with Gasteiger partial charge in [0, 0.05) is 0 Å². The molecule has 0 aromatic heterocycles. The van der Waals surface area contributed by atoms with Crippen LogP contribution in [0.3, 0.4) is 0 Å². The van der Waals surface area contributed by atoms with Gasteiger partial charge in [-0.3, -0.25) is 4.90 Å². The van der Waals surface area contributed by atoms with Gasteiger partial charge in [0.05, 0.1) is 6.54 Å². The number of rotatable bonds is 3. The van der Waals surface area contributed by atoms with Crippen LogP contribution < -0.4 is 0 Å². The average molecular weight is 179 g/mol.